The van der Waals surface area contributed by atoms with E-state index in [-0.39, 0.29) is 17.8 Å². The molecule has 1 atom stereocenters. The predicted octanol–water partition coefficient (Wildman–Crippen LogP) is 0.999. The fourth-order valence-electron chi connectivity index (χ4n) is 1.41. The molecule has 6 nitrogen and oxygen atoms in total. The summed E-state index contributed by atoms with van der Waals surface area (Å²) in [6, 6.07) is 5.38. The molecule has 0 aromatic carbocycles. The number of hydrogen-bond donors (Lipinski definition) is 2. The lowest BCUT2D eigenvalue weighted by Gasteiger charge is -2.11. The van der Waals surface area contributed by atoms with Gasteiger partial charge in [-0.3, -0.25) is 14.9 Å². The molecule has 1 amide bonds. The van der Waals surface area contributed by atoms with Gasteiger partial charge in [0.15, 0.2) is 0 Å². The number of carbonyl (C=O) groups excluding carboxylic acids is 1. The van der Waals surface area contributed by atoms with Gasteiger partial charge in [-0.05, 0) is 26.0 Å². The molecular weight excluding hydrogens is 218 g/mol. The average Bonchev–Trinajstić information content (AvgIpc) is 2.77. The summed E-state index contributed by atoms with van der Waals surface area (Å²) < 4.78 is 0. The predicted molar refractivity (Wildman–Crippen MR) is 61.2 cm³/mol. The quantitative estimate of drug-likeness (QED) is 0.825. The van der Waals surface area contributed by atoms with Crippen molar-refractivity contribution in [1.29, 1.82) is 0 Å². The van der Waals surface area contributed by atoms with Crippen LogP contribution in [0.3, 0.4) is 0 Å². The zero-order valence-corrected chi connectivity index (χ0v) is 9.64. The number of nitrogens with one attached hydrogen (secondary N) is 2. The van der Waals surface area contributed by atoms with Crippen molar-refractivity contribution in [3.63, 3.8) is 0 Å². The fraction of sp³-hybridized carbons (Fsp3) is 0.273. The van der Waals surface area contributed by atoms with Crippen LogP contribution in [0.2, 0.25) is 0 Å². The Balaban J connectivity index is 2.04. The van der Waals surface area contributed by atoms with E-state index in [2.05, 4.69) is 25.5 Å². The van der Waals surface area contributed by atoms with E-state index in [9.17, 15) is 4.79 Å². The Bertz CT molecular complexity index is 508. The van der Waals surface area contributed by atoms with Gasteiger partial charge in [0, 0.05) is 6.20 Å². The molecule has 0 saturated heterocycles. The standard InChI is InChI=1S/C11H13N5O/c1-7(9-5-3-4-6-12-9)13-11(17)10-14-8(2)15-16-10/h3-7H,1-2H3,(H,13,17)(H,14,15,16). The van der Waals surface area contributed by atoms with E-state index in [0.29, 0.717) is 5.82 Å². The van der Waals surface area contributed by atoms with Crippen molar-refractivity contribution in [3.8, 4) is 0 Å². The van der Waals surface area contributed by atoms with Crippen LogP contribution in [-0.4, -0.2) is 26.1 Å². The van der Waals surface area contributed by atoms with Crippen molar-refractivity contribution < 1.29 is 4.79 Å². The van der Waals surface area contributed by atoms with Crippen LogP contribution in [0.4, 0.5) is 0 Å². The molecule has 6 heteroatoms. The molecule has 0 aliphatic carbocycles. The Morgan fingerprint density at radius 1 is 1.47 bits per heavy atom. The molecule has 0 spiro atoms. The van der Waals surface area contributed by atoms with E-state index in [0.717, 1.165) is 5.69 Å². The van der Waals surface area contributed by atoms with Gasteiger partial charge in [0.25, 0.3) is 5.91 Å². The smallest absolute Gasteiger partial charge is 0.291 e. The Morgan fingerprint density at radius 3 is 2.88 bits per heavy atom. The second-order valence-electron chi connectivity index (χ2n) is 3.69. The van der Waals surface area contributed by atoms with Gasteiger partial charge < -0.3 is 5.32 Å². The second kappa shape index (κ2) is 4.73. The van der Waals surface area contributed by atoms with Crippen LogP contribution in [0.25, 0.3) is 0 Å². The largest absolute Gasteiger partial charge is 0.341 e. The summed E-state index contributed by atoms with van der Waals surface area (Å²) in [5.74, 6) is 0.443. The highest BCUT2D eigenvalue weighted by Gasteiger charge is 2.15. The van der Waals surface area contributed by atoms with E-state index in [1.165, 1.54) is 0 Å². The van der Waals surface area contributed by atoms with Gasteiger partial charge in [-0.1, -0.05) is 6.07 Å². The summed E-state index contributed by atoms with van der Waals surface area (Å²) in [5, 5.41) is 9.20. The molecule has 2 N–H and O–H groups in total. The van der Waals surface area contributed by atoms with Crippen LogP contribution in [0.5, 0.6) is 0 Å². The van der Waals surface area contributed by atoms with Crippen LogP contribution in [0, 0.1) is 6.92 Å². The first-order valence-electron chi connectivity index (χ1n) is 5.27. The highest BCUT2D eigenvalue weighted by Crippen LogP contribution is 2.08. The second-order valence-corrected chi connectivity index (χ2v) is 3.69. The number of rotatable bonds is 3. The third-order valence-electron chi connectivity index (χ3n) is 2.28. The maximum Gasteiger partial charge on any atom is 0.291 e. The van der Waals surface area contributed by atoms with Crippen LogP contribution in [0.1, 0.15) is 35.1 Å². The van der Waals surface area contributed by atoms with Crippen molar-refractivity contribution in [2.75, 3.05) is 0 Å². The number of H-pyrrole nitrogens is 1. The van der Waals surface area contributed by atoms with Gasteiger partial charge in [-0.15, -0.1) is 5.10 Å². The highest BCUT2D eigenvalue weighted by atomic mass is 16.2. The van der Waals surface area contributed by atoms with Crippen LogP contribution in [0.15, 0.2) is 24.4 Å². The first kappa shape index (κ1) is 11.3. The topological polar surface area (TPSA) is 83.6 Å². The third kappa shape index (κ3) is 2.66. The molecule has 0 aliphatic heterocycles. The lowest BCUT2D eigenvalue weighted by Crippen LogP contribution is -2.28. The van der Waals surface area contributed by atoms with E-state index >= 15 is 0 Å². The molecule has 2 heterocycles. The first-order chi connectivity index (χ1) is 8.16. The van der Waals surface area contributed by atoms with Crippen LogP contribution in [-0.2, 0) is 0 Å². The minimum absolute atomic E-state index is 0.144. The number of aromatic nitrogens is 4. The molecular formula is C11H13N5O. The SMILES string of the molecule is Cc1nc(C(=O)NC(C)c2ccccn2)n[nH]1. The molecule has 2 rings (SSSR count). The van der Waals surface area contributed by atoms with Gasteiger partial charge in [-0.2, -0.15) is 0 Å². The minimum Gasteiger partial charge on any atom is -0.341 e. The number of aromatic amines is 1. The molecule has 88 valence electrons. The summed E-state index contributed by atoms with van der Waals surface area (Å²) in [4.78, 5) is 19.9. The summed E-state index contributed by atoms with van der Waals surface area (Å²) in [7, 11) is 0. The summed E-state index contributed by atoms with van der Waals surface area (Å²) in [6.45, 7) is 3.60. The Hall–Kier alpha value is -2.24. The Morgan fingerprint density at radius 2 is 2.29 bits per heavy atom. The van der Waals surface area contributed by atoms with E-state index in [4.69, 9.17) is 0 Å². The van der Waals surface area contributed by atoms with Crippen molar-refractivity contribution in [2.45, 2.75) is 19.9 Å². The van der Waals surface area contributed by atoms with E-state index in [1.807, 2.05) is 25.1 Å². The van der Waals surface area contributed by atoms with Gasteiger partial charge in [0.05, 0.1) is 11.7 Å². The van der Waals surface area contributed by atoms with E-state index < -0.39 is 0 Å². The zero-order valence-electron chi connectivity index (χ0n) is 9.64. The zero-order chi connectivity index (χ0) is 12.3. The molecule has 0 radical (unpaired) electrons. The minimum atomic E-state index is -0.312. The number of amides is 1. The average molecular weight is 231 g/mol. The Labute approximate surface area is 98.5 Å². The number of hydrogen-bond acceptors (Lipinski definition) is 4. The molecule has 1 unspecified atom stereocenters. The molecule has 2 aromatic rings. The summed E-state index contributed by atoms with van der Waals surface area (Å²) in [5.41, 5.74) is 0.799. The first-order valence-corrected chi connectivity index (χ1v) is 5.27. The summed E-state index contributed by atoms with van der Waals surface area (Å²) >= 11 is 0. The number of pyridine rings is 1. The molecule has 0 aliphatic rings. The van der Waals surface area contributed by atoms with Crippen molar-refractivity contribution >= 4 is 5.91 Å². The monoisotopic (exact) mass is 231 g/mol. The maximum absolute atomic E-state index is 11.8. The molecule has 17 heavy (non-hydrogen) atoms. The third-order valence-corrected chi connectivity index (χ3v) is 2.28. The van der Waals surface area contributed by atoms with Crippen molar-refractivity contribution in [1.82, 2.24) is 25.5 Å². The highest BCUT2D eigenvalue weighted by molar-refractivity contribution is 5.90. The van der Waals surface area contributed by atoms with Gasteiger partial charge in [0.1, 0.15) is 5.82 Å². The summed E-state index contributed by atoms with van der Waals surface area (Å²) in [6.07, 6.45) is 1.69. The van der Waals surface area contributed by atoms with Gasteiger partial charge >= 0.3 is 0 Å². The molecule has 0 saturated carbocycles. The lowest BCUT2D eigenvalue weighted by molar-refractivity contribution is 0.0929. The maximum atomic E-state index is 11.8. The van der Waals surface area contributed by atoms with E-state index in [1.54, 1.807) is 13.1 Å². The van der Waals surface area contributed by atoms with Crippen LogP contribution < -0.4 is 5.32 Å². The van der Waals surface area contributed by atoms with Gasteiger partial charge in [0.2, 0.25) is 5.82 Å². The fourth-order valence-corrected chi connectivity index (χ4v) is 1.41. The molecule has 0 fully saturated rings. The Kier molecular flexibility index (Phi) is 3.13. The van der Waals surface area contributed by atoms with Gasteiger partial charge in [-0.25, -0.2) is 4.98 Å². The number of aryl methyl sites for hydroxylation is 1. The van der Waals surface area contributed by atoms with Crippen LogP contribution >= 0.6 is 0 Å². The van der Waals surface area contributed by atoms with Crippen molar-refractivity contribution in [2.24, 2.45) is 0 Å². The lowest BCUT2D eigenvalue weighted by atomic mass is 10.2. The molecule has 0 bridgehead atoms. The number of nitrogens with zero attached hydrogens (tertiary/aromatic N) is 3. The normalized spacial score (nSPS) is 12.1. The van der Waals surface area contributed by atoms with Crippen molar-refractivity contribution in [3.05, 3.63) is 41.7 Å². The number of carbonyl (C=O) groups is 1. The molecule has 2 aromatic heterocycles.